The SMILES string of the molecule is CCCC1(C(=O)N2CCNC(=O)C2C)CCCN1. The highest BCUT2D eigenvalue weighted by Gasteiger charge is 2.45. The molecule has 2 aliphatic rings. The van der Waals surface area contributed by atoms with Gasteiger partial charge in [-0.25, -0.2) is 0 Å². The lowest BCUT2D eigenvalue weighted by molar-refractivity contribution is -0.147. The van der Waals surface area contributed by atoms with Gasteiger partial charge in [-0.3, -0.25) is 9.59 Å². The van der Waals surface area contributed by atoms with E-state index in [2.05, 4.69) is 17.6 Å². The van der Waals surface area contributed by atoms with Gasteiger partial charge in [-0.15, -0.1) is 0 Å². The predicted octanol–water partition coefficient (Wildman–Crippen LogP) is 0.256. The molecule has 2 unspecified atom stereocenters. The molecule has 0 aromatic carbocycles. The van der Waals surface area contributed by atoms with Crippen molar-refractivity contribution in [2.45, 2.75) is 51.1 Å². The molecule has 0 aromatic rings. The van der Waals surface area contributed by atoms with Crippen molar-refractivity contribution < 1.29 is 9.59 Å². The van der Waals surface area contributed by atoms with Crippen molar-refractivity contribution in [2.75, 3.05) is 19.6 Å². The number of nitrogens with zero attached hydrogens (tertiary/aromatic N) is 1. The van der Waals surface area contributed by atoms with Crippen LogP contribution in [0.2, 0.25) is 0 Å². The number of hydrogen-bond acceptors (Lipinski definition) is 3. The van der Waals surface area contributed by atoms with Crippen LogP contribution in [0.25, 0.3) is 0 Å². The average Bonchev–Trinajstić information content (AvgIpc) is 2.82. The minimum Gasteiger partial charge on any atom is -0.353 e. The molecule has 18 heavy (non-hydrogen) atoms. The van der Waals surface area contributed by atoms with Gasteiger partial charge in [-0.05, 0) is 32.7 Å². The van der Waals surface area contributed by atoms with Gasteiger partial charge in [0.2, 0.25) is 11.8 Å². The normalized spacial score (nSPS) is 32.4. The fraction of sp³-hybridized carbons (Fsp3) is 0.846. The Morgan fingerprint density at radius 3 is 2.89 bits per heavy atom. The van der Waals surface area contributed by atoms with Crippen LogP contribution in [0.1, 0.15) is 39.5 Å². The molecule has 0 bridgehead atoms. The molecule has 102 valence electrons. The zero-order valence-electron chi connectivity index (χ0n) is 11.3. The van der Waals surface area contributed by atoms with Crippen molar-refractivity contribution in [3.63, 3.8) is 0 Å². The van der Waals surface area contributed by atoms with E-state index in [1.165, 1.54) is 0 Å². The van der Waals surface area contributed by atoms with Crippen molar-refractivity contribution in [2.24, 2.45) is 0 Å². The van der Waals surface area contributed by atoms with E-state index in [0.717, 1.165) is 32.2 Å². The number of nitrogens with one attached hydrogen (secondary N) is 2. The quantitative estimate of drug-likeness (QED) is 0.758. The van der Waals surface area contributed by atoms with E-state index in [4.69, 9.17) is 0 Å². The van der Waals surface area contributed by atoms with Gasteiger partial charge >= 0.3 is 0 Å². The lowest BCUT2D eigenvalue weighted by Gasteiger charge is -2.39. The summed E-state index contributed by atoms with van der Waals surface area (Å²) in [6.07, 6.45) is 3.77. The van der Waals surface area contributed by atoms with E-state index in [1.807, 2.05) is 0 Å². The Balaban J connectivity index is 2.15. The topological polar surface area (TPSA) is 61.4 Å². The molecule has 5 heteroatoms. The van der Waals surface area contributed by atoms with Gasteiger partial charge in [0.15, 0.2) is 0 Å². The summed E-state index contributed by atoms with van der Waals surface area (Å²) in [5.74, 6) is 0.0726. The average molecular weight is 253 g/mol. The second-order valence-corrected chi connectivity index (χ2v) is 5.33. The third-order valence-electron chi connectivity index (χ3n) is 4.09. The van der Waals surface area contributed by atoms with Crippen molar-refractivity contribution in [1.29, 1.82) is 0 Å². The van der Waals surface area contributed by atoms with Crippen molar-refractivity contribution in [3.8, 4) is 0 Å². The highest BCUT2D eigenvalue weighted by Crippen LogP contribution is 2.28. The van der Waals surface area contributed by atoms with Crippen LogP contribution in [0.3, 0.4) is 0 Å². The maximum absolute atomic E-state index is 12.8. The van der Waals surface area contributed by atoms with Crippen molar-refractivity contribution in [3.05, 3.63) is 0 Å². The van der Waals surface area contributed by atoms with Gasteiger partial charge in [-0.2, -0.15) is 0 Å². The van der Waals surface area contributed by atoms with E-state index in [0.29, 0.717) is 13.1 Å². The van der Waals surface area contributed by atoms with Crippen LogP contribution in [0.4, 0.5) is 0 Å². The van der Waals surface area contributed by atoms with Crippen LogP contribution in [-0.4, -0.2) is 47.9 Å². The van der Waals surface area contributed by atoms with E-state index in [-0.39, 0.29) is 17.9 Å². The third-order valence-corrected chi connectivity index (χ3v) is 4.09. The summed E-state index contributed by atoms with van der Waals surface area (Å²) >= 11 is 0. The van der Waals surface area contributed by atoms with Crippen LogP contribution < -0.4 is 10.6 Å². The Morgan fingerprint density at radius 1 is 1.50 bits per heavy atom. The molecule has 2 saturated heterocycles. The highest BCUT2D eigenvalue weighted by molar-refractivity contribution is 5.93. The first-order chi connectivity index (χ1) is 8.60. The first-order valence-corrected chi connectivity index (χ1v) is 6.94. The lowest BCUT2D eigenvalue weighted by atomic mass is 9.89. The minimum atomic E-state index is -0.416. The van der Waals surface area contributed by atoms with Crippen LogP contribution in [0.15, 0.2) is 0 Å². The zero-order chi connectivity index (χ0) is 13.2. The Morgan fingerprint density at radius 2 is 2.28 bits per heavy atom. The number of carbonyl (C=O) groups excluding carboxylic acids is 2. The summed E-state index contributed by atoms with van der Waals surface area (Å²) in [6, 6.07) is -0.345. The van der Waals surface area contributed by atoms with E-state index < -0.39 is 5.54 Å². The van der Waals surface area contributed by atoms with E-state index in [9.17, 15) is 9.59 Å². The van der Waals surface area contributed by atoms with Crippen LogP contribution in [-0.2, 0) is 9.59 Å². The van der Waals surface area contributed by atoms with Gasteiger partial charge in [0.25, 0.3) is 0 Å². The zero-order valence-corrected chi connectivity index (χ0v) is 11.3. The second-order valence-electron chi connectivity index (χ2n) is 5.33. The molecule has 2 N–H and O–H groups in total. The molecule has 2 aliphatic heterocycles. The van der Waals surface area contributed by atoms with Crippen LogP contribution >= 0.6 is 0 Å². The molecular weight excluding hydrogens is 230 g/mol. The summed E-state index contributed by atoms with van der Waals surface area (Å²) in [6.45, 7) is 6.00. The van der Waals surface area contributed by atoms with Crippen molar-refractivity contribution >= 4 is 11.8 Å². The number of hydrogen-bond donors (Lipinski definition) is 2. The molecular formula is C13H23N3O2. The highest BCUT2D eigenvalue weighted by atomic mass is 16.2. The molecule has 2 fully saturated rings. The largest absolute Gasteiger partial charge is 0.353 e. The fourth-order valence-electron chi connectivity index (χ4n) is 3.07. The number of rotatable bonds is 3. The monoisotopic (exact) mass is 253 g/mol. The van der Waals surface area contributed by atoms with E-state index in [1.54, 1.807) is 11.8 Å². The van der Waals surface area contributed by atoms with Gasteiger partial charge in [0.05, 0.1) is 5.54 Å². The van der Waals surface area contributed by atoms with Crippen LogP contribution in [0, 0.1) is 0 Å². The van der Waals surface area contributed by atoms with Gasteiger partial charge in [0, 0.05) is 13.1 Å². The Labute approximate surface area is 108 Å². The van der Waals surface area contributed by atoms with Crippen LogP contribution in [0.5, 0.6) is 0 Å². The third kappa shape index (κ3) is 2.23. The molecule has 0 aromatic heterocycles. The maximum Gasteiger partial charge on any atom is 0.243 e. The maximum atomic E-state index is 12.8. The second kappa shape index (κ2) is 5.26. The van der Waals surface area contributed by atoms with Gasteiger partial charge in [0.1, 0.15) is 6.04 Å². The Hall–Kier alpha value is -1.10. The Kier molecular flexibility index (Phi) is 3.90. The minimum absolute atomic E-state index is 0.0424. The first kappa shape index (κ1) is 13.3. The Bertz CT molecular complexity index is 337. The summed E-state index contributed by atoms with van der Waals surface area (Å²) < 4.78 is 0. The molecule has 2 amide bonds. The van der Waals surface area contributed by atoms with E-state index >= 15 is 0 Å². The number of amides is 2. The molecule has 2 rings (SSSR count). The molecule has 5 nitrogen and oxygen atoms in total. The van der Waals surface area contributed by atoms with Crippen molar-refractivity contribution in [1.82, 2.24) is 15.5 Å². The molecule has 0 aliphatic carbocycles. The molecule has 2 heterocycles. The number of piperazine rings is 1. The van der Waals surface area contributed by atoms with Gasteiger partial charge < -0.3 is 15.5 Å². The number of carbonyl (C=O) groups is 2. The molecule has 0 spiro atoms. The van der Waals surface area contributed by atoms with Gasteiger partial charge in [-0.1, -0.05) is 13.3 Å². The predicted molar refractivity (Wildman–Crippen MR) is 69.1 cm³/mol. The summed E-state index contributed by atoms with van der Waals surface area (Å²) in [5, 5.41) is 6.18. The molecule has 0 radical (unpaired) electrons. The summed E-state index contributed by atoms with van der Waals surface area (Å²) in [7, 11) is 0. The summed E-state index contributed by atoms with van der Waals surface area (Å²) in [5.41, 5.74) is -0.416. The smallest absolute Gasteiger partial charge is 0.243 e. The standard InChI is InChI=1S/C13H23N3O2/c1-3-5-13(6-4-7-15-13)12(18)16-9-8-14-11(17)10(16)2/h10,15H,3-9H2,1-2H3,(H,14,17). The summed E-state index contributed by atoms with van der Waals surface area (Å²) in [4.78, 5) is 26.2. The first-order valence-electron chi connectivity index (χ1n) is 6.94. The fourth-order valence-corrected chi connectivity index (χ4v) is 3.07. The molecule has 2 atom stereocenters. The molecule has 0 saturated carbocycles. The lowest BCUT2D eigenvalue weighted by Crippen LogP contribution is -2.63.